The van der Waals surface area contributed by atoms with E-state index in [1.54, 1.807) is 12.3 Å². The highest BCUT2D eigenvalue weighted by Gasteiger charge is 2.25. The Morgan fingerprint density at radius 2 is 2.24 bits per heavy atom. The standard InChI is InChI=1S/C16H24ClN3O/c1-3-7-18-15-14(17)9-12(10-19-15)16(21)20-13(4-2)8-11-5-6-11/h9-11,13H,3-8H2,1-2H3,(H,18,19)(H,20,21). The number of nitrogens with one attached hydrogen (secondary N) is 2. The third-order valence-electron chi connectivity index (χ3n) is 3.79. The monoisotopic (exact) mass is 309 g/mol. The smallest absolute Gasteiger partial charge is 0.253 e. The van der Waals surface area contributed by atoms with Gasteiger partial charge in [-0.1, -0.05) is 38.3 Å². The summed E-state index contributed by atoms with van der Waals surface area (Å²) in [6.07, 6.45) is 7.23. The van der Waals surface area contributed by atoms with Crippen molar-refractivity contribution in [1.82, 2.24) is 10.3 Å². The summed E-state index contributed by atoms with van der Waals surface area (Å²) in [5.41, 5.74) is 0.524. The van der Waals surface area contributed by atoms with Crippen LogP contribution in [0.4, 0.5) is 5.82 Å². The van der Waals surface area contributed by atoms with Gasteiger partial charge in [0.1, 0.15) is 5.82 Å². The molecular weight excluding hydrogens is 286 g/mol. The van der Waals surface area contributed by atoms with Crippen LogP contribution in [0.2, 0.25) is 5.02 Å². The molecule has 1 heterocycles. The zero-order valence-corrected chi connectivity index (χ0v) is 13.5. The second-order valence-corrected chi connectivity index (χ2v) is 6.15. The van der Waals surface area contributed by atoms with Gasteiger partial charge in [-0.2, -0.15) is 0 Å². The van der Waals surface area contributed by atoms with Crippen molar-refractivity contribution in [2.45, 2.75) is 52.0 Å². The van der Waals surface area contributed by atoms with Crippen LogP contribution in [0.1, 0.15) is 56.3 Å². The van der Waals surface area contributed by atoms with Crippen molar-refractivity contribution in [1.29, 1.82) is 0 Å². The molecule has 1 amide bonds. The molecule has 0 spiro atoms. The van der Waals surface area contributed by atoms with Crippen LogP contribution in [0.25, 0.3) is 0 Å². The van der Waals surface area contributed by atoms with Gasteiger partial charge in [0.15, 0.2) is 0 Å². The van der Waals surface area contributed by atoms with Crippen molar-refractivity contribution in [3.63, 3.8) is 0 Å². The first-order valence-electron chi connectivity index (χ1n) is 7.84. The minimum atomic E-state index is -0.0843. The lowest BCUT2D eigenvalue weighted by Gasteiger charge is -2.17. The fourth-order valence-electron chi connectivity index (χ4n) is 2.29. The molecule has 1 unspecified atom stereocenters. The van der Waals surface area contributed by atoms with Gasteiger partial charge in [0.25, 0.3) is 5.91 Å². The lowest BCUT2D eigenvalue weighted by molar-refractivity contribution is 0.0932. The zero-order chi connectivity index (χ0) is 15.2. The minimum absolute atomic E-state index is 0.0843. The van der Waals surface area contributed by atoms with Gasteiger partial charge >= 0.3 is 0 Å². The number of amides is 1. The number of carbonyl (C=O) groups excluding carboxylic acids is 1. The molecule has 1 fully saturated rings. The number of nitrogens with zero attached hydrogens (tertiary/aromatic N) is 1. The van der Waals surface area contributed by atoms with E-state index in [-0.39, 0.29) is 11.9 Å². The zero-order valence-electron chi connectivity index (χ0n) is 12.8. The van der Waals surface area contributed by atoms with Crippen LogP contribution in [0.3, 0.4) is 0 Å². The second kappa shape index (κ2) is 7.64. The average molecular weight is 310 g/mol. The molecule has 1 aromatic rings. The van der Waals surface area contributed by atoms with Gasteiger partial charge in [0, 0.05) is 18.8 Å². The first-order valence-corrected chi connectivity index (χ1v) is 8.22. The van der Waals surface area contributed by atoms with E-state index in [4.69, 9.17) is 11.6 Å². The predicted molar refractivity (Wildman–Crippen MR) is 86.9 cm³/mol. The lowest BCUT2D eigenvalue weighted by Crippen LogP contribution is -2.34. The molecule has 0 aromatic carbocycles. The van der Waals surface area contributed by atoms with Gasteiger partial charge in [0.05, 0.1) is 10.6 Å². The number of carbonyl (C=O) groups is 1. The van der Waals surface area contributed by atoms with Crippen LogP contribution in [0.5, 0.6) is 0 Å². The van der Waals surface area contributed by atoms with Crippen LogP contribution >= 0.6 is 11.6 Å². The summed E-state index contributed by atoms with van der Waals surface area (Å²) in [6.45, 7) is 5.00. The van der Waals surface area contributed by atoms with E-state index in [1.807, 2.05) is 0 Å². The molecule has 0 aliphatic heterocycles. The largest absolute Gasteiger partial charge is 0.369 e. The van der Waals surface area contributed by atoms with Gasteiger partial charge in [0.2, 0.25) is 0 Å². The van der Waals surface area contributed by atoms with Crippen molar-refractivity contribution in [2.75, 3.05) is 11.9 Å². The molecule has 0 saturated heterocycles. The Labute approximate surface area is 131 Å². The van der Waals surface area contributed by atoms with E-state index >= 15 is 0 Å². The Morgan fingerprint density at radius 1 is 1.48 bits per heavy atom. The maximum atomic E-state index is 12.3. The van der Waals surface area contributed by atoms with E-state index in [9.17, 15) is 4.79 Å². The van der Waals surface area contributed by atoms with Crippen LogP contribution in [-0.2, 0) is 0 Å². The van der Waals surface area contributed by atoms with Crippen molar-refractivity contribution in [3.05, 3.63) is 22.8 Å². The second-order valence-electron chi connectivity index (χ2n) is 5.74. The first kappa shape index (κ1) is 16.1. The number of anilines is 1. The molecule has 116 valence electrons. The van der Waals surface area contributed by atoms with E-state index in [2.05, 4.69) is 29.5 Å². The highest BCUT2D eigenvalue weighted by molar-refractivity contribution is 6.33. The molecule has 2 rings (SSSR count). The van der Waals surface area contributed by atoms with Gasteiger partial charge in [-0.25, -0.2) is 4.98 Å². The summed E-state index contributed by atoms with van der Waals surface area (Å²) in [5.74, 6) is 1.36. The third kappa shape index (κ3) is 4.88. The Balaban J connectivity index is 1.96. The van der Waals surface area contributed by atoms with E-state index in [1.165, 1.54) is 12.8 Å². The van der Waals surface area contributed by atoms with E-state index in [0.29, 0.717) is 16.4 Å². The lowest BCUT2D eigenvalue weighted by atomic mass is 10.1. The van der Waals surface area contributed by atoms with Crippen molar-refractivity contribution in [2.24, 2.45) is 5.92 Å². The Morgan fingerprint density at radius 3 is 2.81 bits per heavy atom. The third-order valence-corrected chi connectivity index (χ3v) is 4.08. The quantitative estimate of drug-likeness (QED) is 0.766. The molecule has 1 saturated carbocycles. The molecule has 2 N–H and O–H groups in total. The Kier molecular flexibility index (Phi) is 5.85. The SMILES string of the molecule is CCCNc1ncc(C(=O)NC(CC)CC2CC2)cc1Cl. The molecule has 0 bridgehead atoms. The fourth-order valence-corrected chi connectivity index (χ4v) is 2.52. The summed E-state index contributed by atoms with van der Waals surface area (Å²) in [4.78, 5) is 16.5. The average Bonchev–Trinajstić information content (AvgIpc) is 3.29. The fraction of sp³-hybridized carbons (Fsp3) is 0.625. The van der Waals surface area contributed by atoms with E-state index < -0.39 is 0 Å². The number of aromatic nitrogens is 1. The molecule has 1 aliphatic carbocycles. The maximum Gasteiger partial charge on any atom is 0.253 e. The van der Waals surface area contributed by atoms with E-state index in [0.717, 1.165) is 31.7 Å². The molecular formula is C16H24ClN3O. The topological polar surface area (TPSA) is 54.0 Å². The number of rotatable bonds is 8. The first-order chi connectivity index (χ1) is 10.1. The molecule has 21 heavy (non-hydrogen) atoms. The number of hydrogen-bond acceptors (Lipinski definition) is 3. The molecule has 0 radical (unpaired) electrons. The highest BCUT2D eigenvalue weighted by Crippen LogP contribution is 2.34. The molecule has 1 aliphatic rings. The van der Waals surface area contributed by atoms with Crippen molar-refractivity contribution in [3.8, 4) is 0 Å². The van der Waals surface area contributed by atoms with Crippen LogP contribution in [0, 0.1) is 5.92 Å². The molecule has 4 nitrogen and oxygen atoms in total. The summed E-state index contributed by atoms with van der Waals surface area (Å²) in [6, 6.07) is 1.94. The maximum absolute atomic E-state index is 12.3. The number of halogens is 1. The van der Waals surface area contributed by atoms with Crippen molar-refractivity contribution < 1.29 is 4.79 Å². The minimum Gasteiger partial charge on any atom is -0.369 e. The Hall–Kier alpha value is -1.29. The predicted octanol–water partition coefficient (Wildman–Crippen LogP) is 3.87. The Bertz CT molecular complexity index is 488. The summed E-state index contributed by atoms with van der Waals surface area (Å²) < 4.78 is 0. The van der Waals surface area contributed by atoms with Gasteiger partial charge < -0.3 is 10.6 Å². The normalized spacial score (nSPS) is 15.6. The van der Waals surface area contributed by atoms with Crippen LogP contribution in [-0.4, -0.2) is 23.5 Å². The highest BCUT2D eigenvalue weighted by atomic mass is 35.5. The van der Waals surface area contributed by atoms with Gasteiger partial charge in [-0.3, -0.25) is 4.79 Å². The summed E-state index contributed by atoms with van der Waals surface area (Å²) in [5, 5.41) is 6.72. The molecule has 1 aromatic heterocycles. The summed E-state index contributed by atoms with van der Waals surface area (Å²) in [7, 11) is 0. The number of pyridine rings is 1. The molecule has 1 atom stereocenters. The number of hydrogen-bond donors (Lipinski definition) is 2. The summed E-state index contributed by atoms with van der Waals surface area (Å²) >= 11 is 6.17. The van der Waals surface area contributed by atoms with Crippen molar-refractivity contribution >= 4 is 23.3 Å². The van der Waals surface area contributed by atoms with Gasteiger partial charge in [-0.05, 0) is 31.2 Å². The van der Waals surface area contributed by atoms with Crippen LogP contribution in [0.15, 0.2) is 12.3 Å². The molecule has 5 heteroatoms. The van der Waals surface area contributed by atoms with Gasteiger partial charge in [-0.15, -0.1) is 0 Å². The van der Waals surface area contributed by atoms with Crippen LogP contribution < -0.4 is 10.6 Å².